The number of rotatable bonds is 5. The molecule has 0 radical (unpaired) electrons. The summed E-state index contributed by atoms with van der Waals surface area (Å²) in [6, 6.07) is 8.80. The Bertz CT molecular complexity index is 601. The Labute approximate surface area is 109 Å². The predicted octanol–water partition coefficient (Wildman–Crippen LogP) is 2.83. The molecule has 19 heavy (non-hydrogen) atoms. The highest BCUT2D eigenvalue weighted by Crippen LogP contribution is 2.33. The van der Waals surface area contributed by atoms with E-state index in [0.717, 1.165) is 5.56 Å². The van der Waals surface area contributed by atoms with Crippen molar-refractivity contribution in [3.63, 3.8) is 0 Å². The number of para-hydroxylation sites is 1. The maximum atomic E-state index is 10.8. The molecular weight excluding hydrogens is 246 g/mol. The first-order valence-corrected chi connectivity index (χ1v) is 6.16. The van der Waals surface area contributed by atoms with Crippen LogP contribution in [0.1, 0.15) is 23.3 Å². The van der Waals surface area contributed by atoms with Crippen LogP contribution in [0.4, 0.5) is 0 Å². The quantitative estimate of drug-likeness (QED) is 0.893. The molecule has 5 heteroatoms. The van der Waals surface area contributed by atoms with Crippen molar-refractivity contribution in [3.05, 3.63) is 36.0 Å². The number of carbonyl (C=O) groups is 1. The normalized spacial score (nSPS) is 14.3. The molecule has 1 N–H and O–H groups in total. The number of hydrogen-bond donors (Lipinski definition) is 1. The van der Waals surface area contributed by atoms with E-state index in [9.17, 15) is 4.79 Å². The van der Waals surface area contributed by atoms with Crippen LogP contribution in [0.15, 0.2) is 34.9 Å². The molecule has 0 unspecified atom stereocenters. The van der Waals surface area contributed by atoms with E-state index in [1.165, 1.54) is 18.9 Å². The molecule has 98 valence electrons. The van der Waals surface area contributed by atoms with Crippen molar-refractivity contribution in [2.75, 3.05) is 6.61 Å². The van der Waals surface area contributed by atoms with Crippen LogP contribution in [0.25, 0.3) is 11.3 Å². The average molecular weight is 259 g/mol. The zero-order valence-corrected chi connectivity index (χ0v) is 10.2. The van der Waals surface area contributed by atoms with Gasteiger partial charge in [0.1, 0.15) is 5.75 Å². The third-order valence-electron chi connectivity index (χ3n) is 3.05. The molecule has 0 amide bonds. The molecule has 1 aliphatic carbocycles. The van der Waals surface area contributed by atoms with Crippen LogP contribution >= 0.6 is 0 Å². The van der Waals surface area contributed by atoms with Crippen LogP contribution in [0, 0.1) is 5.92 Å². The average Bonchev–Trinajstić information content (AvgIpc) is 3.11. The summed E-state index contributed by atoms with van der Waals surface area (Å²) in [5, 5.41) is 12.4. The van der Waals surface area contributed by atoms with Gasteiger partial charge in [-0.3, -0.25) is 0 Å². The third kappa shape index (κ3) is 2.59. The number of ether oxygens (including phenoxy) is 1. The Morgan fingerprint density at radius 1 is 1.42 bits per heavy atom. The molecule has 1 fully saturated rings. The number of aromatic carboxylic acids is 1. The monoisotopic (exact) mass is 259 g/mol. The van der Waals surface area contributed by atoms with Crippen LogP contribution in [-0.2, 0) is 0 Å². The highest BCUT2D eigenvalue weighted by atomic mass is 16.5. The number of benzene rings is 1. The topological polar surface area (TPSA) is 72.6 Å². The van der Waals surface area contributed by atoms with Gasteiger partial charge in [-0.1, -0.05) is 17.3 Å². The van der Waals surface area contributed by atoms with Crippen molar-refractivity contribution in [1.29, 1.82) is 0 Å². The fourth-order valence-electron chi connectivity index (χ4n) is 1.79. The summed E-state index contributed by atoms with van der Waals surface area (Å²) >= 11 is 0. The highest BCUT2D eigenvalue weighted by molar-refractivity contribution is 5.86. The van der Waals surface area contributed by atoms with Gasteiger partial charge in [-0.15, -0.1) is 0 Å². The molecule has 1 aromatic heterocycles. The number of hydrogen-bond acceptors (Lipinski definition) is 4. The first-order chi connectivity index (χ1) is 9.24. The van der Waals surface area contributed by atoms with Gasteiger partial charge in [-0.05, 0) is 30.9 Å². The number of aromatic nitrogens is 1. The van der Waals surface area contributed by atoms with Gasteiger partial charge in [-0.2, -0.15) is 0 Å². The third-order valence-corrected chi connectivity index (χ3v) is 3.05. The molecule has 2 aromatic rings. The van der Waals surface area contributed by atoms with Gasteiger partial charge in [-0.25, -0.2) is 4.79 Å². The van der Waals surface area contributed by atoms with Gasteiger partial charge in [0.15, 0.2) is 11.5 Å². The maximum absolute atomic E-state index is 10.8. The summed E-state index contributed by atoms with van der Waals surface area (Å²) in [4.78, 5) is 10.8. The van der Waals surface area contributed by atoms with E-state index in [-0.39, 0.29) is 5.69 Å². The van der Waals surface area contributed by atoms with E-state index in [1.54, 1.807) is 0 Å². The molecule has 1 saturated carbocycles. The molecule has 0 saturated heterocycles. The minimum Gasteiger partial charge on any atom is -0.493 e. The summed E-state index contributed by atoms with van der Waals surface area (Å²) in [5.74, 6) is 0.648. The molecule has 0 spiro atoms. The summed E-state index contributed by atoms with van der Waals surface area (Å²) < 4.78 is 10.8. The van der Waals surface area contributed by atoms with E-state index in [2.05, 4.69) is 5.16 Å². The first kappa shape index (κ1) is 11.8. The van der Waals surface area contributed by atoms with E-state index in [0.29, 0.717) is 24.0 Å². The largest absolute Gasteiger partial charge is 0.493 e. The summed E-state index contributed by atoms with van der Waals surface area (Å²) in [6.45, 7) is 0.691. The Kier molecular flexibility index (Phi) is 2.95. The van der Waals surface area contributed by atoms with Crippen molar-refractivity contribution in [2.45, 2.75) is 12.8 Å². The Morgan fingerprint density at radius 3 is 2.89 bits per heavy atom. The summed E-state index contributed by atoms with van der Waals surface area (Å²) in [5.41, 5.74) is 0.621. The van der Waals surface area contributed by atoms with Crippen LogP contribution in [0.5, 0.6) is 5.75 Å². The minimum absolute atomic E-state index is 0.105. The van der Waals surface area contributed by atoms with E-state index >= 15 is 0 Å². The van der Waals surface area contributed by atoms with Crippen LogP contribution in [0.3, 0.4) is 0 Å². The predicted molar refractivity (Wildman–Crippen MR) is 67.1 cm³/mol. The smallest absolute Gasteiger partial charge is 0.358 e. The Hall–Kier alpha value is -2.30. The van der Waals surface area contributed by atoms with Gasteiger partial charge in [0.05, 0.1) is 12.2 Å². The molecule has 3 rings (SSSR count). The van der Waals surface area contributed by atoms with Crippen LogP contribution in [0.2, 0.25) is 0 Å². The van der Waals surface area contributed by atoms with Gasteiger partial charge in [0.2, 0.25) is 0 Å². The van der Waals surface area contributed by atoms with Gasteiger partial charge in [0, 0.05) is 6.07 Å². The zero-order valence-electron chi connectivity index (χ0n) is 10.2. The summed E-state index contributed by atoms with van der Waals surface area (Å²) in [6.07, 6.45) is 2.43. The molecule has 5 nitrogen and oxygen atoms in total. The van der Waals surface area contributed by atoms with Crippen molar-refractivity contribution in [3.8, 4) is 17.1 Å². The fraction of sp³-hybridized carbons (Fsp3) is 0.286. The van der Waals surface area contributed by atoms with Crippen molar-refractivity contribution in [1.82, 2.24) is 5.16 Å². The second-order valence-corrected chi connectivity index (χ2v) is 4.63. The number of carboxylic acid groups (broad SMARTS) is 1. The van der Waals surface area contributed by atoms with Crippen LogP contribution < -0.4 is 4.74 Å². The number of carboxylic acids is 1. The first-order valence-electron chi connectivity index (χ1n) is 6.16. The van der Waals surface area contributed by atoms with Crippen molar-refractivity contribution >= 4 is 5.97 Å². The molecule has 0 aliphatic heterocycles. The van der Waals surface area contributed by atoms with E-state index < -0.39 is 5.97 Å². The second-order valence-electron chi connectivity index (χ2n) is 4.63. The Balaban J connectivity index is 1.86. The lowest BCUT2D eigenvalue weighted by Crippen LogP contribution is -2.00. The summed E-state index contributed by atoms with van der Waals surface area (Å²) in [7, 11) is 0. The SMILES string of the molecule is O=C(O)c1cc(-c2ccccc2OCC2CC2)on1. The lowest BCUT2D eigenvalue weighted by Gasteiger charge is -2.08. The lowest BCUT2D eigenvalue weighted by molar-refractivity contribution is 0.0686. The van der Waals surface area contributed by atoms with Gasteiger partial charge < -0.3 is 14.4 Å². The van der Waals surface area contributed by atoms with Gasteiger partial charge in [0.25, 0.3) is 0 Å². The minimum atomic E-state index is -1.11. The number of nitrogens with zero attached hydrogens (tertiary/aromatic N) is 1. The van der Waals surface area contributed by atoms with Crippen LogP contribution in [-0.4, -0.2) is 22.8 Å². The molecule has 1 heterocycles. The molecule has 1 aliphatic rings. The standard InChI is InChI=1S/C14H13NO4/c16-14(17)11-7-13(19-15-11)10-3-1-2-4-12(10)18-8-9-5-6-9/h1-4,7,9H,5-6,8H2,(H,16,17). The highest BCUT2D eigenvalue weighted by Gasteiger charge is 2.23. The van der Waals surface area contributed by atoms with E-state index in [4.69, 9.17) is 14.4 Å². The molecule has 0 bridgehead atoms. The fourth-order valence-corrected chi connectivity index (χ4v) is 1.79. The maximum Gasteiger partial charge on any atom is 0.358 e. The Morgan fingerprint density at radius 2 is 2.21 bits per heavy atom. The zero-order chi connectivity index (χ0) is 13.2. The molecular formula is C14H13NO4. The molecule has 0 atom stereocenters. The second kappa shape index (κ2) is 4.76. The van der Waals surface area contributed by atoms with Crippen molar-refractivity contribution in [2.24, 2.45) is 5.92 Å². The van der Waals surface area contributed by atoms with E-state index in [1.807, 2.05) is 24.3 Å². The lowest BCUT2D eigenvalue weighted by atomic mass is 10.1. The molecule has 1 aromatic carbocycles. The van der Waals surface area contributed by atoms with Crippen molar-refractivity contribution < 1.29 is 19.2 Å². The van der Waals surface area contributed by atoms with Gasteiger partial charge >= 0.3 is 5.97 Å².